The number of guanidine groups is 1. The largest absolute Gasteiger partial charge is 0.459 e. The average molecular weight is 412 g/mol. The highest BCUT2D eigenvalue weighted by molar-refractivity contribution is 5.91. The summed E-state index contributed by atoms with van der Waals surface area (Å²) >= 11 is 0. The van der Waals surface area contributed by atoms with Gasteiger partial charge in [0.2, 0.25) is 0 Å². The van der Waals surface area contributed by atoms with Crippen molar-refractivity contribution in [3.63, 3.8) is 0 Å². The molecule has 0 unspecified atom stereocenters. The van der Waals surface area contributed by atoms with E-state index in [1.54, 1.807) is 19.2 Å². The van der Waals surface area contributed by atoms with Crippen molar-refractivity contribution >= 4 is 17.7 Å². The maximum Gasteiger partial charge on any atom is 0.289 e. The van der Waals surface area contributed by atoms with Crippen molar-refractivity contribution in [1.82, 2.24) is 20.1 Å². The Hall–Kier alpha value is -3.07. The molecule has 1 N–H and O–H groups in total. The zero-order chi connectivity index (χ0) is 20.8. The summed E-state index contributed by atoms with van der Waals surface area (Å²) < 4.78 is 10.7. The van der Waals surface area contributed by atoms with E-state index in [0.29, 0.717) is 25.4 Å². The summed E-state index contributed by atoms with van der Waals surface area (Å²) in [7, 11) is 1.79. The molecule has 4 rings (SSSR count). The summed E-state index contributed by atoms with van der Waals surface area (Å²) in [5.41, 5.74) is 1.13. The van der Waals surface area contributed by atoms with Crippen molar-refractivity contribution in [3.05, 3.63) is 48.0 Å². The Morgan fingerprint density at radius 1 is 1.10 bits per heavy atom. The van der Waals surface area contributed by atoms with Gasteiger partial charge in [-0.2, -0.15) is 0 Å². The number of piperazine rings is 1. The molecular formula is C21H28N6O3. The number of aliphatic imine (C=N–C) groups is 1. The number of hydrogen-bond acceptors (Lipinski definition) is 6. The molecular weight excluding hydrogens is 384 g/mol. The molecule has 160 valence electrons. The molecule has 2 aromatic heterocycles. The molecule has 0 aliphatic carbocycles. The highest BCUT2D eigenvalue weighted by atomic mass is 16.5. The van der Waals surface area contributed by atoms with Crippen molar-refractivity contribution in [2.75, 3.05) is 64.4 Å². The summed E-state index contributed by atoms with van der Waals surface area (Å²) in [6.07, 6.45) is 3.36. The predicted molar refractivity (Wildman–Crippen MR) is 114 cm³/mol. The Kier molecular flexibility index (Phi) is 6.48. The number of nitrogens with zero attached hydrogens (tertiary/aromatic N) is 5. The number of furan rings is 1. The molecule has 2 aliphatic heterocycles. The van der Waals surface area contributed by atoms with Gasteiger partial charge in [0.15, 0.2) is 11.7 Å². The van der Waals surface area contributed by atoms with E-state index in [4.69, 9.17) is 9.15 Å². The van der Waals surface area contributed by atoms with Crippen LogP contribution in [0.4, 0.5) is 5.82 Å². The third-order valence-corrected chi connectivity index (χ3v) is 5.43. The first kappa shape index (κ1) is 20.2. The zero-order valence-corrected chi connectivity index (χ0v) is 17.3. The number of anilines is 1. The zero-order valence-electron chi connectivity index (χ0n) is 17.3. The topological polar surface area (TPSA) is 86.4 Å². The van der Waals surface area contributed by atoms with E-state index in [1.807, 2.05) is 17.2 Å². The van der Waals surface area contributed by atoms with E-state index in [1.165, 1.54) is 6.26 Å². The van der Waals surface area contributed by atoms with E-state index < -0.39 is 0 Å². The van der Waals surface area contributed by atoms with Crippen LogP contribution in [-0.4, -0.2) is 86.2 Å². The number of carbonyl (C=O) groups is 1. The quantitative estimate of drug-likeness (QED) is 0.593. The second-order valence-electron chi connectivity index (χ2n) is 7.24. The summed E-state index contributed by atoms with van der Waals surface area (Å²) in [6.45, 7) is 6.50. The lowest BCUT2D eigenvalue weighted by molar-refractivity contribution is 0.0657. The van der Waals surface area contributed by atoms with Crippen LogP contribution in [0.1, 0.15) is 16.1 Å². The van der Waals surface area contributed by atoms with Crippen molar-refractivity contribution in [2.45, 2.75) is 6.54 Å². The molecule has 0 spiro atoms. The first-order chi connectivity index (χ1) is 14.8. The molecule has 2 aliphatic rings. The first-order valence-electron chi connectivity index (χ1n) is 10.3. The number of ether oxygens (including phenoxy) is 1. The fourth-order valence-corrected chi connectivity index (χ4v) is 3.81. The number of rotatable bonds is 4. The number of hydrogen-bond donors (Lipinski definition) is 1. The van der Waals surface area contributed by atoms with Gasteiger partial charge in [-0.05, 0) is 18.2 Å². The highest BCUT2D eigenvalue weighted by Gasteiger charge is 2.25. The maximum absolute atomic E-state index is 12.5. The molecule has 2 fully saturated rings. The first-order valence-corrected chi connectivity index (χ1v) is 10.3. The van der Waals surface area contributed by atoms with E-state index in [2.05, 4.69) is 31.2 Å². The summed E-state index contributed by atoms with van der Waals surface area (Å²) in [5, 5.41) is 3.46. The molecule has 1 amide bonds. The SMILES string of the molecule is CN=C(NCc1cccnc1N1CCOCC1)N1CCN(C(=O)c2ccco2)CC1. The Morgan fingerprint density at radius 3 is 2.57 bits per heavy atom. The molecule has 9 heteroatoms. The van der Waals surface area contributed by atoms with Crippen LogP contribution >= 0.6 is 0 Å². The van der Waals surface area contributed by atoms with Crippen LogP contribution in [0.15, 0.2) is 46.1 Å². The fourth-order valence-electron chi connectivity index (χ4n) is 3.81. The maximum atomic E-state index is 12.5. The number of aromatic nitrogens is 1. The van der Waals surface area contributed by atoms with E-state index in [-0.39, 0.29) is 5.91 Å². The van der Waals surface area contributed by atoms with Crippen molar-refractivity contribution in [3.8, 4) is 0 Å². The van der Waals surface area contributed by atoms with Crippen molar-refractivity contribution < 1.29 is 13.9 Å². The van der Waals surface area contributed by atoms with Crippen LogP contribution in [0.3, 0.4) is 0 Å². The Labute approximate surface area is 176 Å². The number of morpholine rings is 1. The van der Waals surface area contributed by atoms with Crippen molar-refractivity contribution in [2.24, 2.45) is 4.99 Å². The van der Waals surface area contributed by atoms with Crippen molar-refractivity contribution in [1.29, 1.82) is 0 Å². The second kappa shape index (κ2) is 9.62. The molecule has 2 saturated heterocycles. The van der Waals surface area contributed by atoms with Gasteiger partial charge < -0.3 is 29.2 Å². The lowest BCUT2D eigenvalue weighted by atomic mass is 10.2. The minimum Gasteiger partial charge on any atom is -0.459 e. The number of pyridine rings is 1. The van der Waals surface area contributed by atoms with Gasteiger partial charge >= 0.3 is 0 Å². The smallest absolute Gasteiger partial charge is 0.289 e. The number of carbonyl (C=O) groups excluding carboxylic acids is 1. The molecule has 2 aromatic rings. The Morgan fingerprint density at radius 2 is 1.87 bits per heavy atom. The Bertz CT molecular complexity index is 855. The van der Waals surface area contributed by atoms with Gasteiger partial charge in [0.05, 0.1) is 19.5 Å². The third kappa shape index (κ3) is 4.56. The summed E-state index contributed by atoms with van der Waals surface area (Å²) in [5.74, 6) is 2.15. The van der Waals surface area contributed by atoms with Crippen LogP contribution in [0.5, 0.6) is 0 Å². The van der Waals surface area contributed by atoms with Gasteiger partial charge in [-0.15, -0.1) is 0 Å². The monoisotopic (exact) mass is 412 g/mol. The van der Waals surface area contributed by atoms with Gasteiger partial charge in [-0.25, -0.2) is 4.98 Å². The fraction of sp³-hybridized carbons (Fsp3) is 0.476. The van der Waals surface area contributed by atoms with Crippen LogP contribution in [0, 0.1) is 0 Å². The number of nitrogens with one attached hydrogen (secondary N) is 1. The van der Waals surface area contributed by atoms with E-state index in [9.17, 15) is 4.79 Å². The standard InChI is InChI=1S/C21H28N6O3/c1-22-21(27-9-7-26(8-10-27)20(28)18-5-3-13-30-18)24-16-17-4-2-6-23-19(17)25-11-14-29-15-12-25/h2-6,13H,7-12,14-16H2,1H3,(H,22,24). The molecule has 0 saturated carbocycles. The van der Waals surface area contributed by atoms with Gasteiger partial charge in [-0.1, -0.05) is 6.07 Å². The molecule has 4 heterocycles. The van der Waals surface area contributed by atoms with Gasteiger partial charge in [0.1, 0.15) is 5.82 Å². The van der Waals surface area contributed by atoms with Gasteiger partial charge in [-0.3, -0.25) is 9.79 Å². The van der Waals surface area contributed by atoms with Gasteiger partial charge in [0, 0.05) is 64.6 Å². The minimum absolute atomic E-state index is 0.0619. The van der Waals surface area contributed by atoms with Gasteiger partial charge in [0.25, 0.3) is 5.91 Å². The summed E-state index contributed by atoms with van der Waals surface area (Å²) in [4.78, 5) is 27.8. The molecule has 0 aromatic carbocycles. The van der Waals surface area contributed by atoms with Crippen LogP contribution < -0.4 is 10.2 Å². The minimum atomic E-state index is -0.0619. The highest BCUT2D eigenvalue weighted by Crippen LogP contribution is 2.18. The molecule has 0 radical (unpaired) electrons. The van der Waals surface area contributed by atoms with Crippen LogP contribution in [-0.2, 0) is 11.3 Å². The lowest BCUT2D eigenvalue weighted by Gasteiger charge is -2.36. The second-order valence-corrected chi connectivity index (χ2v) is 7.24. The predicted octanol–water partition coefficient (Wildman–Crippen LogP) is 1.04. The normalized spacial score (nSPS) is 17.9. The Balaban J connectivity index is 1.33. The molecule has 0 bridgehead atoms. The van der Waals surface area contributed by atoms with Crippen LogP contribution in [0.25, 0.3) is 0 Å². The molecule has 30 heavy (non-hydrogen) atoms. The molecule has 9 nitrogen and oxygen atoms in total. The molecule has 0 atom stereocenters. The summed E-state index contributed by atoms with van der Waals surface area (Å²) in [6, 6.07) is 7.49. The van der Waals surface area contributed by atoms with E-state index >= 15 is 0 Å². The average Bonchev–Trinajstić information content (AvgIpc) is 3.35. The van der Waals surface area contributed by atoms with Crippen LogP contribution in [0.2, 0.25) is 0 Å². The lowest BCUT2D eigenvalue weighted by Crippen LogP contribution is -2.53. The number of amides is 1. The third-order valence-electron chi connectivity index (χ3n) is 5.43. The van der Waals surface area contributed by atoms with E-state index in [0.717, 1.165) is 56.7 Å².